The van der Waals surface area contributed by atoms with Crippen molar-refractivity contribution in [2.24, 2.45) is 0 Å². The highest BCUT2D eigenvalue weighted by Crippen LogP contribution is 2.24. The summed E-state index contributed by atoms with van der Waals surface area (Å²) in [6, 6.07) is 9.21. The Kier molecular flexibility index (Phi) is 10.9. The van der Waals surface area contributed by atoms with Gasteiger partial charge >= 0.3 is 0 Å². The maximum Gasteiger partial charge on any atom is 0.254 e. The molecule has 1 amide bonds. The van der Waals surface area contributed by atoms with Gasteiger partial charge < -0.3 is 29.8 Å². The molecule has 9 nitrogen and oxygen atoms in total. The van der Waals surface area contributed by atoms with E-state index in [9.17, 15) is 4.79 Å². The molecule has 0 spiro atoms. The van der Waals surface area contributed by atoms with Crippen LogP contribution in [-0.2, 0) is 24.4 Å². The minimum atomic E-state index is -0.0437. The lowest BCUT2D eigenvalue weighted by molar-refractivity contribution is 0.0721. The van der Waals surface area contributed by atoms with Gasteiger partial charge in [0.15, 0.2) is 0 Å². The molecule has 0 radical (unpaired) electrons. The third kappa shape index (κ3) is 8.24. The highest BCUT2D eigenvalue weighted by molar-refractivity contribution is 5.94. The highest BCUT2D eigenvalue weighted by atomic mass is 16.5. The van der Waals surface area contributed by atoms with Crippen molar-refractivity contribution in [3.8, 4) is 0 Å². The number of methoxy groups -OCH3 is 1. The van der Waals surface area contributed by atoms with Gasteiger partial charge in [-0.05, 0) is 62.8 Å². The number of nitrogens with zero attached hydrogens (tertiary/aromatic N) is 4. The van der Waals surface area contributed by atoms with Crippen LogP contribution in [0.1, 0.15) is 73.0 Å². The maximum atomic E-state index is 13.3. The number of aromatic nitrogens is 4. The van der Waals surface area contributed by atoms with Crippen LogP contribution in [0.5, 0.6) is 0 Å². The molecule has 0 unspecified atom stereocenters. The Morgan fingerprint density at radius 3 is 2.21 bits per heavy atom. The van der Waals surface area contributed by atoms with Gasteiger partial charge in [0.25, 0.3) is 5.91 Å². The van der Waals surface area contributed by atoms with Gasteiger partial charge in [0.1, 0.15) is 11.6 Å². The third-order valence-electron chi connectivity index (χ3n) is 7.39. The van der Waals surface area contributed by atoms with E-state index < -0.39 is 0 Å². The molecule has 1 saturated carbocycles. The predicted molar refractivity (Wildman–Crippen MR) is 148 cm³/mol. The molecule has 1 fully saturated rings. The zero-order valence-corrected chi connectivity index (χ0v) is 22.9. The van der Waals surface area contributed by atoms with Crippen LogP contribution in [0.15, 0.2) is 49.1 Å². The van der Waals surface area contributed by atoms with E-state index in [0.717, 1.165) is 37.8 Å². The van der Waals surface area contributed by atoms with Gasteiger partial charge in [0.05, 0.1) is 13.1 Å². The first-order chi connectivity index (χ1) is 18.7. The average Bonchev–Trinajstić information content (AvgIpc) is 3.66. The summed E-state index contributed by atoms with van der Waals surface area (Å²) in [6.45, 7) is 7.02. The summed E-state index contributed by atoms with van der Waals surface area (Å²) in [4.78, 5) is 32.5. The van der Waals surface area contributed by atoms with E-state index in [4.69, 9.17) is 4.74 Å². The topological polar surface area (TPSA) is 102 Å². The van der Waals surface area contributed by atoms with Crippen LogP contribution in [-0.4, -0.2) is 74.5 Å². The zero-order chi connectivity index (χ0) is 26.6. The molecule has 1 aromatic carbocycles. The van der Waals surface area contributed by atoms with Crippen molar-refractivity contribution in [1.82, 2.24) is 35.1 Å². The molecular weight excluding hydrogens is 478 g/mol. The Balaban J connectivity index is 1.26. The normalized spacial score (nSPS) is 17.7. The molecule has 0 atom stereocenters. The van der Waals surface area contributed by atoms with Crippen LogP contribution in [0.25, 0.3) is 0 Å². The van der Waals surface area contributed by atoms with Gasteiger partial charge in [-0.2, -0.15) is 0 Å². The molecule has 2 aromatic heterocycles. The molecule has 3 N–H and O–H groups in total. The lowest BCUT2D eigenvalue weighted by Gasteiger charge is -2.37. The second-order valence-corrected chi connectivity index (χ2v) is 10.2. The Hall–Kier alpha value is -3.01. The molecule has 0 saturated heterocycles. The Morgan fingerprint density at radius 2 is 1.66 bits per heavy atom. The summed E-state index contributed by atoms with van der Waals surface area (Å²) < 4.78 is 5.26. The highest BCUT2D eigenvalue weighted by Gasteiger charge is 2.25. The van der Waals surface area contributed by atoms with Crippen molar-refractivity contribution in [1.29, 1.82) is 0 Å². The summed E-state index contributed by atoms with van der Waals surface area (Å²) in [7, 11) is 1.78. The molecule has 3 aromatic rings. The van der Waals surface area contributed by atoms with Crippen LogP contribution in [0, 0.1) is 0 Å². The van der Waals surface area contributed by atoms with Crippen LogP contribution >= 0.6 is 0 Å². The lowest BCUT2D eigenvalue weighted by Crippen LogP contribution is -2.43. The van der Waals surface area contributed by atoms with Gasteiger partial charge in [-0.1, -0.05) is 19.1 Å². The summed E-state index contributed by atoms with van der Waals surface area (Å²) in [5, 5.41) is 3.75. The largest absolute Gasteiger partial charge is 0.385 e. The van der Waals surface area contributed by atoms with Crippen LogP contribution < -0.4 is 5.32 Å². The SMILES string of the molecule is CCCN(CCCOC)C1CCC(NCc2ccc(C(=O)N(Cc3ncc[nH]3)Cc3ncc[nH]3)cc2)CC1. The average molecular weight is 522 g/mol. The molecule has 2 heterocycles. The summed E-state index contributed by atoms with van der Waals surface area (Å²) in [5.41, 5.74) is 1.86. The number of rotatable bonds is 15. The number of carbonyl (C=O) groups is 1. The van der Waals surface area contributed by atoms with Crippen LogP contribution in [0.3, 0.4) is 0 Å². The molecule has 1 aliphatic rings. The van der Waals surface area contributed by atoms with E-state index in [-0.39, 0.29) is 5.91 Å². The first-order valence-electron chi connectivity index (χ1n) is 14.0. The first-order valence-corrected chi connectivity index (χ1v) is 14.0. The fourth-order valence-corrected chi connectivity index (χ4v) is 5.36. The van der Waals surface area contributed by atoms with E-state index in [1.54, 1.807) is 36.8 Å². The summed E-state index contributed by atoms with van der Waals surface area (Å²) in [5.74, 6) is 1.44. The van der Waals surface area contributed by atoms with E-state index in [1.807, 2.05) is 12.1 Å². The monoisotopic (exact) mass is 521 g/mol. The fourth-order valence-electron chi connectivity index (χ4n) is 5.36. The molecule has 0 bridgehead atoms. The number of benzene rings is 1. The number of H-pyrrole nitrogens is 2. The number of ether oxygens (including phenoxy) is 1. The zero-order valence-electron chi connectivity index (χ0n) is 22.9. The van der Waals surface area contributed by atoms with Crippen molar-refractivity contribution in [3.63, 3.8) is 0 Å². The standard InChI is InChI=1S/C29H43N7O2/c1-3-17-35(18-4-19-38-2)26-11-9-25(10-12-26)34-20-23-5-7-24(8-6-23)29(37)36(21-27-30-13-14-31-27)22-28-32-15-16-33-28/h5-8,13-16,25-26,34H,3-4,9-12,17-22H2,1-2H3,(H,30,31)(H,32,33). The number of imidazole rings is 2. The first kappa shape index (κ1) is 28.0. The van der Waals surface area contributed by atoms with Gasteiger partial charge in [0.2, 0.25) is 0 Å². The molecule has 206 valence electrons. The smallest absolute Gasteiger partial charge is 0.254 e. The molecular formula is C29H43N7O2. The van der Waals surface area contributed by atoms with Gasteiger partial charge in [-0.3, -0.25) is 4.79 Å². The number of carbonyl (C=O) groups excluding carboxylic acids is 1. The second kappa shape index (κ2) is 14.8. The lowest BCUT2D eigenvalue weighted by atomic mass is 9.89. The van der Waals surface area contributed by atoms with E-state index >= 15 is 0 Å². The number of aromatic amines is 2. The quantitative estimate of drug-likeness (QED) is 0.260. The predicted octanol–water partition coefficient (Wildman–Crippen LogP) is 4.12. The number of hydrogen-bond donors (Lipinski definition) is 3. The Bertz CT molecular complexity index is 1010. The Labute approximate surface area is 226 Å². The van der Waals surface area contributed by atoms with Crippen molar-refractivity contribution in [2.75, 3.05) is 26.8 Å². The van der Waals surface area contributed by atoms with Crippen LogP contribution in [0.4, 0.5) is 0 Å². The third-order valence-corrected chi connectivity index (χ3v) is 7.39. The van der Waals surface area contributed by atoms with E-state index in [0.29, 0.717) is 30.7 Å². The fraction of sp³-hybridized carbons (Fsp3) is 0.552. The minimum Gasteiger partial charge on any atom is -0.385 e. The van der Waals surface area contributed by atoms with Crippen LogP contribution in [0.2, 0.25) is 0 Å². The van der Waals surface area contributed by atoms with Gasteiger partial charge in [-0.25, -0.2) is 9.97 Å². The van der Waals surface area contributed by atoms with Gasteiger partial charge in [0, 0.05) is 69.2 Å². The molecule has 1 aliphatic carbocycles. The minimum absolute atomic E-state index is 0.0437. The van der Waals surface area contributed by atoms with Crippen molar-refractivity contribution >= 4 is 5.91 Å². The van der Waals surface area contributed by atoms with E-state index in [1.165, 1.54) is 44.2 Å². The second-order valence-electron chi connectivity index (χ2n) is 10.2. The van der Waals surface area contributed by atoms with Crippen molar-refractivity contribution < 1.29 is 9.53 Å². The van der Waals surface area contributed by atoms with E-state index in [2.05, 4.69) is 49.2 Å². The molecule has 4 rings (SSSR count). The maximum absolute atomic E-state index is 13.3. The van der Waals surface area contributed by atoms with Gasteiger partial charge in [-0.15, -0.1) is 0 Å². The molecule has 9 heteroatoms. The Morgan fingerprint density at radius 1 is 1.00 bits per heavy atom. The summed E-state index contributed by atoms with van der Waals surface area (Å²) in [6.07, 6.45) is 14.2. The van der Waals surface area contributed by atoms with Crippen molar-refractivity contribution in [2.45, 2.75) is 77.2 Å². The van der Waals surface area contributed by atoms with Crippen molar-refractivity contribution in [3.05, 3.63) is 71.8 Å². The number of nitrogens with one attached hydrogen (secondary N) is 3. The summed E-state index contributed by atoms with van der Waals surface area (Å²) >= 11 is 0. The number of hydrogen-bond acceptors (Lipinski definition) is 6. The molecule has 0 aliphatic heterocycles. The number of amides is 1. The molecule has 38 heavy (non-hydrogen) atoms.